The summed E-state index contributed by atoms with van der Waals surface area (Å²) in [6.45, 7) is 4.79. The Balaban J connectivity index is 2.10. The van der Waals surface area contributed by atoms with E-state index in [-0.39, 0.29) is 0 Å². The van der Waals surface area contributed by atoms with Gasteiger partial charge in [0, 0.05) is 46.2 Å². The zero-order chi connectivity index (χ0) is 17.4. The van der Waals surface area contributed by atoms with Crippen molar-refractivity contribution in [2.45, 2.75) is 13.5 Å². The van der Waals surface area contributed by atoms with Crippen LogP contribution in [0.1, 0.15) is 12.5 Å². The average molecular weight is 329 g/mol. The number of pyridine rings is 1. The minimum atomic E-state index is 0.667. The first-order chi connectivity index (χ1) is 11.7. The second-order valence-corrected chi connectivity index (χ2v) is 5.60. The Morgan fingerprint density at radius 2 is 2.04 bits per heavy atom. The number of ether oxygens (including phenoxy) is 1. The number of hydrogen-bond donors (Lipinski definition) is 2. The van der Waals surface area contributed by atoms with Crippen molar-refractivity contribution in [2.75, 3.05) is 45.8 Å². The third kappa shape index (κ3) is 4.83. The Kier molecular flexibility index (Phi) is 6.81. The van der Waals surface area contributed by atoms with Crippen molar-refractivity contribution in [1.82, 2.24) is 15.6 Å². The van der Waals surface area contributed by atoms with Gasteiger partial charge in [0.25, 0.3) is 0 Å². The zero-order valence-electron chi connectivity index (χ0n) is 15.0. The van der Waals surface area contributed by atoms with Crippen molar-refractivity contribution in [1.29, 1.82) is 0 Å². The van der Waals surface area contributed by atoms with Crippen molar-refractivity contribution in [2.24, 2.45) is 4.99 Å². The summed E-state index contributed by atoms with van der Waals surface area (Å²) in [4.78, 5) is 11.0. The first-order valence-electron chi connectivity index (χ1n) is 8.24. The number of nitrogens with one attached hydrogen (secondary N) is 2. The highest BCUT2D eigenvalue weighted by atomic mass is 16.5. The predicted molar refractivity (Wildman–Crippen MR) is 101 cm³/mol. The first kappa shape index (κ1) is 18.0. The van der Waals surface area contributed by atoms with Crippen LogP contribution in [0.4, 0.5) is 5.82 Å². The van der Waals surface area contributed by atoms with E-state index in [4.69, 9.17) is 4.74 Å². The monoisotopic (exact) mass is 329 g/mol. The van der Waals surface area contributed by atoms with E-state index in [0.717, 1.165) is 35.8 Å². The first-order valence-corrected chi connectivity index (χ1v) is 8.24. The molecule has 0 aliphatic rings. The smallest absolute Gasteiger partial charge is 0.191 e. The zero-order valence-corrected chi connectivity index (χ0v) is 15.0. The number of rotatable bonds is 7. The number of aromatic nitrogens is 1. The number of aliphatic imine (C=N–C) groups is 1. The average Bonchev–Trinajstić information content (AvgIpc) is 2.60. The lowest BCUT2D eigenvalue weighted by Crippen LogP contribution is -2.38. The van der Waals surface area contributed by atoms with Crippen LogP contribution in [0.25, 0.3) is 10.9 Å². The van der Waals surface area contributed by atoms with Crippen LogP contribution >= 0.6 is 0 Å². The molecule has 0 saturated heterocycles. The van der Waals surface area contributed by atoms with Gasteiger partial charge >= 0.3 is 0 Å². The molecule has 0 atom stereocenters. The third-order valence-electron chi connectivity index (χ3n) is 3.66. The SMILES string of the molecule is CCOCCNC(=NC)NCc1cc(N(C)C)nc2ccccc12. The van der Waals surface area contributed by atoms with Crippen molar-refractivity contribution in [3.63, 3.8) is 0 Å². The molecule has 0 radical (unpaired) electrons. The molecule has 0 saturated carbocycles. The van der Waals surface area contributed by atoms with E-state index >= 15 is 0 Å². The molecule has 2 N–H and O–H groups in total. The molecule has 0 fully saturated rings. The number of anilines is 1. The van der Waals surface area contributed by atoms with Crippen LogP contribution in [0.2, 0.25) is 0 Å². The van der Waals surface area contributed by atoms with Crippen molar-refractivity contribution in [3.05, 3.63) is 35.9 Å². The summed E-state index contributed by atoms with van der Waals surface area (Å²) >= 11 is 0. The summed E-state index contributed by atoms with van der Waals surface area (Å²) in [6, 6.07) is 10.3. The fourth-order valence-electron chi connectivity index (χ4n) is 2.39. The van der Waals surface area contributed by atoms with Gasteiger partial charge in [0.15, 0.2) is 5.96 Å². The van der Waals surface area contributed by atoms with Crippen LogP contribution in [0.5, 0.6) is 0 Å². The Morgan fingerprint density at radius 1 is 1.25 bits per heavy atom. The number of para-hydroxylation sites is 1. The summed E-state index contributed by atoms with van der Waals surface area (Å²) in [7, 11) is 5.77. The molecule has 130 valence electrons. The molecule has 0 spiro atoms. The van der Waals surface area contributed by atoms with E-state index in [0.29, 0.717) is 13.2 Å². The van der Waals surface area contributed by atoms with Gasteiger partial charge in [0.2, 0.25) is 0 Å². The fraction of sp³-hybridized carbons (Fsp3) is 0.444. The molecule has 0 aliphatic carbocycles. The highest BCUT2D eigenvalue weighted by Gasteiger charge is 2.07. The fourth-order valence-corrected chi connectivity index (χ4v) is 2.39. The van der Waals surface area contributed by atoms with E-state index in [1.54, 1.807) is 7.05 Å². The van der Waals surface area contributed by atoms with Crippen LogP contribution < -0.4 is 15.5 Å². The molecule has 24 heavy (non-hydrogen) atoms. The van der Waals surface area contributed by atoms with Crippen LogP contribution in [0.3, 0.4) is 0 Å². The van der Waals surface area contributed by atoms with Gasteiger partial charge in [-0.1, -0.05) is 18.2 Å². The highest BCUT2D eigenvalue weighted by molar-refractivity contribution is 5.85. The Labute approximate surface area is 143 Å². The Morgan fingerprint density at radius 3 is 2.75 bits per heavy atom. The molecular weight excluding hydrogens is 302 g/mol. The third-order valence-corrected chi connectivity index (χ3v) is 3.66. The topological polar surface area (TPSA) is 61.8 Å². The van der Waals surface area contributed by atoms with Gasteiger partial charge in [0.1, 0.15) is 5.82 Å². The predicted octanol–water partition coefficient (Wildman–Crippen LogP) is 2.00. The largest absolute Gasteiger partial charge is 0.380 e. The molecule has 6 nitrogen and oxygen atoms in total. The molecule has 1 aromatic carbocycles. The van der Waals surface area contributed by atoms with Gasteiger partial charge in [-0.25, -0.2) is 4.98 Å². The number of fused-ring (bicyclic) bond motifs is 1. The Hall–Kier alpha value is -2.34. The standard InChI is InChI=1S/C18H27N5O/c1-5-24-11-10-20-18(19-2)21-13-14-12-17(23(3)4)22-16-9-7-6-8-15(14)16/h6-9,12H,5,10-11,13H2,1-4H3,(H2,19,20,21). The van der Waals surface area contributed by atoms with Gasteiger partial charge in [-0.2, -0.15) is 0 Å². The van der Waals surface area contributed by atoms with Crippen LogP contribution in [-0.4, -0.2) is 51.8 Å². The second-order valence-electron chi connectivity index (χ2n) is 5.60. The van der Waals surface area contributed by atoms with E-state index in [2.05, 4.69) is 32.7 Å². The van der Waals surface area contributed by atoms with E-state index < -0.39 is 0 Å². The molecule has 0 amide bonds. The molecule has 6 heteroatoms. The molecule has 2 aromatic rings. The normalized spacial score (nSPS) is 11.6. The lowest BCUT2D eigenvalue weighted by Gasteiger charge is -2.17. The van der Waals surface area contributed by atoms with Crippen molar-refractivity contribution >= 4 is 22.7 Å². The number of nitrogens with zero attached hydrogens (tertiary/aromatic N) is 3. The molecule has 0 unspecified atom stereocenters. The minimum Gasteiger partial charge on any atom is -0.380 e. The maximum Gasteiger partial charge on any atom is 0.191 e. The van der Waals surface area contributed by atoms with E-state index in [9.17, 15) is 0 Å². The molecule has 1 aromatic heterocycles. The molecule has 0 bridgehead atoms. The second kappa shape index (κ2) is 9.08. The highest BCUT2D eigenvalue weighted by Crippen LogP contribution is 2.21. The van der Waals surface area contributed by atoms with Crippen molar-refractivity contribution < 1.29 is 4.74 Å². The van der Waals surface area contributed by atoms with Gasteiger partial charge in [-0.3, -0.25) is 4.99 Å². The Bertz CT molecular complexity index is 684. The van der Waals surface area contributed by atoms with E-state index in [1.807, 2.05) is 44.1 Å². The van der Waals surface area contributed by atoms with Crippen molar-refractivity contribution in [3.8, 4) is 0 Å². The molecular formula is C18H27N5O. The lowest BCUT2D eigenvalue weighted by molar-refractivity contribution is 0.152. The molecule has 2 rings (SSSR count). The minimum absolute atomic E-state index is 0.667. The van der Waals surface area contributed by atoms with E-state index in [1.165, 1.54) is 5.56 Å². The summed E-state index contributed by atoms with van der Waals surface area (Å²) in [5.74, 6) is 1.71. The summed E-state index contributed by atoms with van der Waals surface area (Å²) in [6.07, 6.45) is 0. The lowest BCUT2D eigenvalue weighted by atomic mass is 10.1. The van der Waals surface area contributed by atoms with Crippen LogP contribution in [0, 0.1) is 0 Å². The number of hydrogen-bond acceptors (Lipinski definition) is 4. The van der Waals surface area contributed by atoms with Gasteiger partial charge in [0.05, 0.1) is 12.1 Å². The summed E-state index contributed by atoms with van der Waals surface area (Å²) in [5, 5.41) is 7.76. The molecule has 0 aliphatic heterocycles. The maximum absolute atomic E-state index is 5.33. The molecule has 1 heterocycles. The van der Waals surface area contributed by atoms with Gasteiger partial charge < -0.3 is 20.3 Å². The number of benzene rings is 1. The van der Waals surface area contributed by atoms with Crippen LogP contribution in [-0.2, 0) is 11.3 Å². The maximum atomic E-state index is 5.33. The summed E-state index contributed by atoms with van der Waals surface area (Å²) in [5.41, 5.74) is 2.19. The number of guanidine groups is 1. The summed E-state index contributed by atoms with van der Waals surface area (Å²) < 4.78 is 5.33. The van der Waals surface area contributed by atoms with Gasteiger partial charge in [-0.15, -0.1) is 0 Å². The quantitative estimate of drug-likeness (QED) is 0.462. The van der Waals surface area contributed by atoms with Crippen LogP contribution in [0.15, 0.2) is 35.3 Å². The van der Waals surface area contributed by atoms with Gasteiger partial charge in [-0.05, 0) is 24.6 Å².